The fourth-order valence-corrected chi connectivity index (χ4v) is 7.96. The Morgan fingerprint density at radius 1 is 0.929 bits per heavy atom. The summed E-state index contributed by atoms with van der Waals surface area (Å²) in [6.45, 7) is 10.6. The highest BCUT2D eigenvalue weighted by Gasteiger charge is 2.48. The number of cyclic esters (lactones) is 1. The molecule has 0 saturated carbocycles. The van der Waals surface area contributed by atoms with Crippen LogP contribution in [0.15, 0.2) is 28.9 Å². The van der Waals surface area contributed by atoms with E-state index in [1.54, 1.807) is 52.8 Å². The van der Waals surface area contributed by atoms with Crippen molar-refractivity contribution < 1.29 is 63.2 Å². The quantitative estimate of drug-likeness (QED) is 0.0963. The molecule has 320 valence electrons. The van der Waals surface area contributed by atoms with Crippen LogP contribution in [-0.2, 0) is 42.7 Å². The standard InChI is InChI=1S/C39H66N4O13/c1-11-29-26(19-52-39-37(51-10)36(50-9)33(48)24(6)54-39)16-20(2)12-13-27(44)21(3)17-25(14-15-41-42-40)35(22(4)28(45)18-30(46)55-29)56-38-34(49)31(43(7)8)32(47)23(5)53-38/h12-13,16,21-26,28-29,31-39,45,47-49H,11,14-15,17-19H2,1-10H3/t21-,22+,23-,24?,25+,26-,28-,29-,31?,32-,33-,34?,35-,36+,37?,38+,39-/m1/s1. The van der Waals surface area contributed by atoms with Gasteiger partial charge in [-0.3, -0.25) is 9.59 Å². The van der Waals surface area contributed by atoms with Crippen molar-refractivity contribution in [3.05, 3.63) is 34.2 Å². The molecule has 0 aromatic rings. The van der Waals surface area contributed by atoms with Crippen LogP contribution < -0.4 is 0 Å². The highest BCUT2D eigenvalue weighted by atomic mass is 16.7. The summed E-state index contributed by atoms with van der Waals surface area (Å²) < 4.78 is 41.9. The van der Waals surface area contributed by atoms with Crippen LogP contribution in [0.3, 0.4) is 0 Å². The third-order valence-corrected chi connectivity index (χ3v) is 11.4. The van der Waals surface area contributed by atoms with E-state index in [9.17, 15) is 30.0 Å². The molecular weight excluding hydrogens is 732 g/mol. The van der Waals surface area contributed by atoms with Crippen molar-refractivity contribution in [2.75, 3.05) is 41.5 Å². The molecule has 2 saturated heterocycles. The van der Waals surface area contributed by atoms with Gasteiger partial charge in [-0.1, -0.05) is 43.6 Å². The number of allylic oxidation sites excluding steroid dienone is 3. The van der Waals surface area contributed by atoms with Gasteiger partial charge in [0.05, 0.1) is 49.6 Å². The summed E-state index contributed by atoms with van der Waals surface area (Å²) >= 11 is 0. The lowest BCUT2D eigenvalue weighted by Crippen LogP contribution is -2.63. The van der Waals surface area contributed by atoms with Crippen LogP contribution in [0.5, 0.6) is 0 Å². The van der Waals surface area contributed by atoms with Crippen LogP contribution >= 0.6 is 0 Å². The predicted octanol–water partition coefficient (Wildman–Crippen LogP) is 2.67. The fraction of sp³-hybridized carbons (Fsp3) is 0.846. The summed E-state index contributed by atoms with van der Waals surface area (Å²) in [5.74, 6) is -3.19. The SMILES string of the molecule is CC[C@H]1OC(=O)C[C@@H](O)[C@H](C)[C@@H](O[C@@H]2O[C@H](C)[C@@H](O)C(N(C)C)C2O)[C@@H](CCN=[N+]=[N-])C[C@@H](C)C(=O)C=CC(C)=C[C@@H]1CO[C@@H]1OC(C)[C@@H](O)[C@H](OC)C1OC. The minimum absolute atomic E-state index is 0.0115. The van der Waals surface area contributed by atoms with E-state index in [4.69, 9.17) is 38.7 Å². The predicted molar refractivity (Wildman–Crippen MR) is 204 cm³/mol. The van der Waals surface area contributed by atoms with E-state index in [0.29, 0.717) is 12.0 Å². The molecule has 3 heterocycles. The van der Waals surface area contributed by atoms with E-state index in [1.165, 1.54) is 20.3 Å². The zero-order valence-corrected chi connectivity index (χ0v) is 34.5. The zero-order valence-electron chi connectivity index (χ0n) is 34.5. The van der Waals surface area contributed by atoms with Crippen molar-refractivity contribution in [3.63, 3.8) is 0 Å². The number of nitrogens with zero attached hydrogens (tertiary/aromatic N) is 4. The fourth-order valence-electron chi connectivity index (χ4n) is 7.96. The molecule has 0 spiro atoms. The van der Waals surface area contributed by atoms with Crippen molar-refractivity contribution in [2.24, 2.45) is 28.8 Å². The number of rotatable bonds is 12. The molecule has 0 amide bonds. The van der Waals surface area contributed by atoms with Gasteiger partial charge in [-0.2, -0.15) is 0 Å². The Morgan fingerprint density at radius 2 is 1.57 bits per heavy atom. The highest BCUT2D eigenvalue weighted by Crippen LogP contribution is 2.35. The monoisotopic (exact) mass is 798 g/mol. The number of hydrogen-bond acceptors (Lipinski definition) is 15. The minimum atomic E-state index is -1.30. The van der Waals surface area contributed by atoms with Crippen LogP contribution in [-0.4, -0.2) is 158 Å². The van der Waals surface area contributed by atoms with E-state index in [2.05, 4.69) is 10.0 Å². The second-order valence-corrected chi connectivity index (χ2v) is 15.7. The number of likely N-dealkylation sites (N-methyl/N-ethyl adjacent to an activating group) is 1. The smallest absolute Gasteiger partial charge is 0.308 e. The molecular formula is C39H66N4O13. The molecule has 3 aliphatic rings. The van der Waals surface area contributed by atoms with E-state index in [-0.39, 0.29) is 31.8 Å². The summed E-state index contributed by atoms with van der Waals surface area (Å²) in [6.07, 6.45) is -5.61. The third kappa shape index (κ3) is 12.5. The summed E-state index contributed by atoms with van der Waals surface area (Å²) in [6, 6.07) is -0.738. The topological polar surface area (TPSA) is 232 Å². The van der Waals surface area contributed by atoms with Crippen LogP contribution in [0, 0.1) is 23.7 Å². The number of hydrogen-bond donors (Lipinski definition) is 4. The first-order chi connectivity index (χ1) is 26.5. The summed E-state index contributed by atoms with van der Waals surface area (Å²) in [4.78, 5) is 31.9. The molecule has 4 unspecified atom stereocenters. The number of carbonyl (C=O) groups excluding carboxylic acids is 2. The number of aliphatic hydroxyl groups excluding tert-OH is 4. The first-order valence-corrected chi connectivity index (χ1v) is 19.6. The molecule has 17 heteroatoms. The van der Waals surface area contributed by atoms with Gasteiger partial charge in [-0.05, 0) is 71.7 Å². The molecule has 3 rings (SSSR count). The minimum Gasteiger partial charge on any atom is -0.462 e. The Balaban J connectivity index is 2.00. The van der Waals surface area contributed by atoms with Crippen LogP contribution in [0.4, 0.5) is 0 Å². The van der Waals surface area contributed by atoms with Crippen molar-refractivity contribution in [3.8, 4) is 0 Å². The summed E-state index contributed by atoms with van der Waals surface area (Å²) in [7, 11) is 6.38. The Kier molecular flexibility index (Phi) is 19.3. The molecule has 2 fully saturated rings. The molecule has 0 aromatic carbocycles. The number of ketones is 1. The van der Waals surface area contributed by atoms with E-state index < -0.39 is 116 Å². The van der Waals surface area contributed by atoms with Gasteiger partial charge >= 0.3 is 5.97 Å². The lowest BCUT2D eigenvalue weighted by Gasteiger charge is -2.46. The molecule has 0 bridgehead atoms. The number of esters is 1. The number of azide groups is 1. The third-order valence-electron chi connectivity index (χ3n) is 11.4. The number of carbonyl (C=O) groups is 2. The summed E-state index contributed by atoms with van der Waals surface area (Å²) in [5.41, 5.74) is 9.78. The zero-order chi connectivity index (χ0) is 41.9. The van der Waals surface area contributed by atoms with E-state index in [1.807, 2.05) is 19.9 Å². The average Bonchev–Trinajstić information content (AvgIpc) is 3.15. The van der Waals surface area contributed by atoms with Gasteiger partial charge < -0.3 is 58.5 Å². The van der Waals surface area contributed by atoms with Gasteiger partial charge in [0, 0.05) is 43.4 Å². The van der Waals surface area contributed by atoms with Crippen LogP contribution in [0.2, 0.25) is 0 Å². The molecule has 0 radical (unpaired) electrons. The Bertz CT molecular complexity index is 1360. The highest BCUT2D eigenvalue weighted by molar-refractivity contribution is 5.91. The maximum absolute atomic E-state index is 13.6. The maximum atomic E-state index is 13.6. The van der Waals surface area contributed by atoms with Gasteiger partial charge in [-0.25, -0.2) is 0 Å². The van der Waals surface area contributed by atoms with Gasteiger partial charge in [-0.15, -0.1) is 0 Å². The van der Waals surface area contributed by atoms with Gasteiger partial charge in [0.15, 0.2) is 18.4 Å². The Hall–Kier alpha value is -2.51. The lowest BCUT2D eigenvalue weighted by atomic mass is 9.79. The molecule has 17 nitrogen and oxygen atoms in total. The second-order valence-electron chi connectivity index (χ2n) is 15.7. The molecule has 0 aromatic heterocycles. The van der Waals surface area contributed by atoms with E-state index in [0.717, 1.165) is 0 Å². The van der Waals surface area contributed by atoms with Crippen molar-refractivity contribution >= 4 is 11.8 Å². The Morgan fingerprint density at radius 3 is 2.18 bits per heavy atom. The summed E-state index contributed by atoms with van der Waals surface area (Å²) in [5, 5.41) is 48.2. The van der Waals surface area contributed by atoms with Gasteiger partial charge in [0.25, 0.3) is 0 Å². The van der Waals surface area contributed by atoms with E-state index >= 15 is 0 Å². The molecule has 4 N–H and O–H groups in total. The normalized spacial score (nSPS) is 40.8. The molecule has 3 aliphatic heterocycles. The van der Waals surface area contributed by atoms with Crippen LogP contribution in [0.25, 0.3) is 10.4 Å². The molecule has 56 heavy (non-hydrogen) atoms. The number of methoxy groups -OCH3 is 2. The lowest BCUT2D eigenvalue weighted by molar-refractivity contribution is -0.304. The first-order valence-electron chi connectivity index (χ1n) is 19.6. The maximum Gasteiger partial charge on any atom is 0.308 e. The largest absolute Gasteiger partial charge is 0.462 e. The van der Waals surface area contributed by atoms with Crippen molar-refractivity contribution in [2.45, 2.75) is 147 Å². The number of aliphatic hydroxyl groups is 4. The Labute approximate surface area is 330 Å². The van der Waals surface area contributed by atoms with Crippen molar-refractivity contribution in [1.82, 2.24) is 4.90 Å². The average molecular weight is 799 g/mol. The van der Waals surface area contributed by atoms with Gasteiger partial charge in [0.1, 0.15) is 30.5 Å². The van der Waals surface area contributed by atoms with Gasteiger partial charge in [0.2, 0.25) is 0 Å². The van der Waals surface area contributed by atoms with Crippen LogP contribution in [0.1, 0.15) is 67.2 Å². The van der Waals surface area contributed by atoms with Crippen molar-refractivity contribution in [1.29, 1.82) is 0 Å². The number of ether oxygens (including phenoxy) is 7. The molecule has 17 atom stereocenters. The first kappa shape index (κ1) is 47.9. The second kappa shape index (κ2) is 22.6. The molecule has 0 aliphatic carbocycles.